The summed E-state index contributed by atoms with van der Waals surface area (Å²) < 4.78 is 11.4. The zero-order valence-corrected chi connectivity index (χ0v) is 20.8. The Morgan fingerprint density at radius 2 is 1.97 bits per heavy atom. The Labute approximate surface area is 205 Å². The Morgan fingerprint density at radius 3 is 2.65 bits per heavy atom. The molecule has 184 valence electrons. The van der Waals surface area contributed by atoms with Gasteiger partial charge in [-0.15, -0.1) is 0 Å². The molecule has 3 aliphatic heterocycles. The Bertz CT molecular complexity index is 1020. The lowest BCUT2D eigenvalue weighted by Gasteiger charge is -2.40. The monoisotopic (exact) mass is 489 g/mol. The number of ether oxygens (including phenoxy) is 2. The van der Waals surface area contributed by atoms with E-state index in [4.69, 9.17) is 21.1 Å². The van der Waals surface area contributed by atoms with Crippen LogP contribution in [0.4, 0.5) is 9.59 Å². The molecular weight excluding hydrogens is 458 g/mol. The van der Waals surface area contributed by atoms with Crippen molar-refractivity contribution >= 4 is 29.5 Å². The van der Waals surface area contributed by atoms with Gasteiger partial charge in [0.25, 0.3) is 0 Å². The van der Waals surface area contributed by atoms with Crippen LogP contribution in [0.15, 0.2) is 12.1 Å². The lowest BCUT2D eigenvalue weighted by molar-refractivity contribution is -0.122. The molecule has 1 aromatic rings. The van der Waals surface area contributed by atoms with Crippen molar-refractivity contribution in [2.75, 3.05) is 32.8 Å². The molecule has 1 saturated carbocycles. The quantitative estimate of drug-likeness (QED) is 0.599. The van der Waals surface area contributed by atoms with Crippen LogP contribution < -0.4 is 0 Å². The van der Waals surface area contributed by atoms with E-state index in [9.17, 15) is 14.4 Å². The Morgan fingerprint density at radius 1 is 1.18 bits per heavy atom. The van der Waals surface area contributed by atoms with Gasteiger partial charge in [-0.1, -0.05) is 11.6 Å². The van der Waals surface area contributed by atoms with Crippen molar-refractivity contribution in [2.45, 2.75) is 64.3 Å². The van der Waals surface area contributed by atoms with E-state index in [0.29, 0.717) is 57.3 Å². The third-order valence-electron chi connectivity index (χ3n) is 7.28. The average Bonchev–Trinajstić information content (AvgIpc) is 3.36. The molecule has 34 heavy (non-hydrogen) atoms. The summed E-state index contributed by atoms with van der Waals surface area (Å²) in [5.41, 5.74) is 2.42. The van der Waals surface area contributed by atoms with E-state index in [2.05, 4.69) is 0 Å². The molecule has 1 aliphatic carbocycles. The van der Waals surface area contributed by atoms with Crippen molar-refractivity contribution in [3.05, 3.63) is 33.8 Å². The van der Waals surface area contributed by atoms with Gasteiger partial charge in [0.15, 0.2) is 0 Å². The van der Waals surface area contributed by atoms with Crippen LogP contribution in [-0.2, 0) is 27.2 Å². The van der Waals surface area contributed by atoms with Crippen LogP contribution in [0, 0.1) is 5.92 Å². The number of carbonyl (C=O) groups excluding carboxylic acids is 3. The van der Waals surface area contributed by atoms with Crippen LogP contribution >= 0.6 is 11.6 Å². The number of ketones is 1. The molecule has 2 bridgehead atoms. The number of carbonyl (C=O) groups is 3. The highest BCUT2D eigenvalue weighted by Crippen LogP contribution is 2.38. The highest BCUT2D eigenvalue weighted by molar-refractivity contribution is 6.30. The van der Waals surface area contributed by atoms with Crippen molar-refractivity contribution < 1.29 is 23.9 Å². The summed E-state index contributed by atoms with van der Waals surface area (Å²) in [5, 5.41) is 0.610. The first kappa shape index (κ1) is 23.4. The third kappa shape index (κ3) is 4.38. The summed E-state index contributed by atoms with van der Waals surface area (Å²) in [6, 6.07) is 3.54. The summed E-state index contributed by atoms with van der Waals surface area (Å²) in [7, 11) is 0. The molecule has 3 heterocycles. The second kappa shape index (κ2) is 8.72. The first-order valence-corrected chi connectivity index (χ1v) is 12.5. The number of nitrogens with zero attached hydrogens (tertiary/aromatic N) is 3. The number of halogens is 1. The van der Waals surface area contributed by atoms with Crippen molar-refractivity contribution in [3.8, 4) is 0 Å². The SMILES string of the molecule is CC(C)(C)OC(=O)N1CCOC[C@H]1c1cc(Cl)cc2c1CN(C(=O)N1C[C@@H]3C[C@H]1CC3=O)CC2. The second-order valence-corrected chi connectivity index (χ2v) is 11.2. The van der Waals surface area contributed by atoms with Crippen molar-refractivity contribution in [3.63, 3.8) is 0 Å². The number of fused-ring (bicyclic) bond motifs is 3. The van der Waals surface area contributed by atoms with Crippen molar-refractivity contribution in [1.82, 2.24) is 14.7 Å². The van der Waals surface area contributed by atoms with Gasteiger partial charge in [-0.3, -0.25) is 9.69 Å². The maximum absolute atomic E-state index is 13.4. The highest BCUT2D eigenvalue weighted by Gasteiger charge is 2.47. The predicted molar refractivity (Wildman–Crippen MR) is 126 cm³/mol. The van der Waals surface area contributed by atoms with E-state index < -0.39 is 5.60 Å². The van der Waals surface area contributed by atoms with E-state index in [1.165, 1.54) is 0 Å². The van der Waals surface area contributed by atoms with Gasteiger partial charge in [0.1, 0.15) is 11.4 Å². The molecule has 3 atom stereocenters. The smallest absolute Gasteiger partial charge is 0.410 e. The molecule has 0 spiro atoms. The highest BCUT2D eigenvalue weighted by atomic mass is 35.5. The number of hydrogen-bond acceptors (Lipinski definition) is 5. The van der Waals surface area contributed by atoms with E-state index in [-0.39, 0.29) is 35.9 Å². The number of benzene rings is 1. The zero-order chi connectivity index (χ0) is 24.2. The molecule has 2 saturated heterocycles. The molecule has 0 unspecified atom stereocenters. The average molecular weight is 490 g/mol. The number of Topliss-reactive ketones (excluding diaryl/α,β-unsaturated/α-hetero) is 1. The maximum atomic E-state index is 13.4. The molecular formula is C25H32ClN3O5. The van der Waals surface area contributed by atoms with Gasteiger partial charge < -0.3 is 19.3 Å². The van der Waals surface area contributed by atoms with Crippen molar-refractivity contribution in [1.29, 1.82) is 0 Å². The predicted octanol–water partition coefficient (Wildman–Crippen LogP) is 3.79. The lowest BCUT2D eigenvalue weighted by atomic mass is 9.90. The topological polar surface area (TPSA) is 79.4 Å². The van der Waals surface area contributed by atoms with Crippen LogP contribution in [0.25, 0.3) is 0 Å². The van der Waals surface area contributed by atoms with Gasteiger partial charge in [-0.25, -0.2) is 9.59 Å². The summed E-state index contributed by atoms with van der Waals surface area (Å²) in [5.74, 6) is 0.289. The van der Waals surface area contributed by atoms with E-state index in [1.807, 2.05) is 42.7 Å². The van der Waals surface area contributed by atoms with Crippen LogP contribution in [0.5, 0.6) is 0 Å². The molecule has 8 nitrogen and oxygen atoms in total. The Kier molecular flexibility index (Phi) is 6.01. The Balaban J connectivity index is 1.41. The first-order chi connectivity index (χ1) is 16.1. The third-order valence-corrected chi connectivity index (χ3v) is 7.50. The molecule has 0 radical (unpaired) electrons. The largest absolute Gasteiger partial charge is 0.444 e. The number of piperidine rings is 1. The van der Waals surface area contributed by atoms with E-state index >= 15 is 0 Å². The van der Waals surface area contributed by atoms with Crippen LogP contribution in [0.1, 0.15) is 56.3 Å². The van der Waals surface area contributed by atoms with Crippen LogP contribution in [0.2, 0.25) is 5.02 Å². The van der Waals surface area contributed by atoms with Gasteiger partial charge in [-0.2, -0.15) is 0 Å². The zero-order valence-electron chi connectivity index (χ0n) is 20.0. The number of amides is 3. The fraction of sp³-hybridized carbons (Fsp3) is 0.640. The van der Waals surface area contributed by atoms with Gasteiger partial charge in [0.05, 0.1) is 19.3 Å². The van der Waals surface area contributed by atoms with E-state index in [1.54, 1.807) is 4.90 Å². The lowest BCUT2D eigenvalue weighted by Crippen LogP contribution is -2.50. The molecule has 3 amide bonds. The minimum absolute atomic E-state index is 0.00201. The standard InChI is InChI=1S/C25H32ClN3O5/c1-25(2,3)34-24(32)28-6-7-33-14-21(28)19-10-17(26)8-15-4-5-27(13-20(15)19)23(31)29-12-16-9-18(29)11-22(16)30/h8,10,16,18,21H,4-7,9,11-14H2,1-3H3/t16-,18-,21-/m0/s1. The summed E-state index contributed by atoms with van der Waals surface area (Å²) in [4.78, 5) is 43.8. The number of likely N-dealkylation sites (tertiary alicyclic amines) is 1. The number of hydrogen-bond donors (Lipinski definition) is 0. The number of rotatable bonds is 1. The molecule has 0 N–H and O–H groups in total. The molecule has 9 heteroatoms. The fourth-order valence-corrected chi connectivity index (χ4v) is 5.93. The molecule has 0 aromatic heterocycles. The summed E-state index contributed by atoms with van der Waals surface area (Å²) >= 11 is 6.50. The number of urea groups is 1. The van der Waals surface area contributed by atoms with Crippen molar-refractivity contribution in [2.24, 2.45) is 5.92 Å². The van der Waals surface area contributed by atoms with Gasteiger partial charge in [0, 0.05) is 49.6 Å². The fourth-order valence-electron chi connectivity index (χ4n) is 5.68. The first-order valence-electron chi connectivity index (χ1n) is 12.1. The van der Waals surface area contributed by atoms with Gasteiger partial charge >= 0.3 is 12.1 Å². The normalized spacial score (nSPS) is 26.6. The Hall–Kier alpha value is -2.32. The van der Waals surface area contributed by atoms with E-state index in [0.717, 1.165) is 23.1 Å². The minimum atomic E-state index is -0.604. The molecule has 1 aromatic carbocycles. The van der Waals surface area contributed by atoms with Gasteiger partial charge in [0.2, 0.25) is 0 Å². The van der Waals surface area contributed by atoms with Crippen LogP contribution in [-0.4, -0.2) is 77.1 Å². The number of morpholine rings is 1. The second-order valence-electron chi connectivity index (χ2n) is 10.8. The summed E-state index contributed by atoms with van der Waals surface area (Å²) in [6.07, 6.45) is 1.58. The minimum Gasteiger partial charge on any atom is -0.444 e. The molecule has 4 aliphatic rings. The summed E-state index contributed by atoms with van der Waals surface area (Å²) in [6.45, 7) is 8.34. The van der Waals surface area contributed by atoms with Gasteiger partial charge in [-0.05, 0) is 62.4 Å². The molecule has 3 fully saturated rings. The van der Waals surface area contributed by atoms with Crippen LogP contribution in [0.3, 0.4) is 0 Å². The maximum Gasteiger partial charge on any atom is 0.410 e. The molecule has 5 rings (SSSR count).